The average molecular weight is 181 g/mol. The lowest BCUT2D eigenvalue weighted by molar-refractivity contribution is 0.0384. The minimum atomic E-state index is -1.23. The second-order valence-electron chi connectivity index (χ2n) is 2.12. The van der Waals surface area contributed by atoms with Gasteiger partial charge in [0.25, 0.3) is 0 Å². The van der Waals surface area contributed by atoms with Crippen LogP contribution in [0.4, 0.5) is 4.79 Å². The third-order valence-corrected chi connectivity index (χ3v) is 1.28. The molecular weight excluding hydrogens is 174 g/mol. The van der Waals surface area contributed by atoms with E-state index in [1.165, 1.54) is 12.1 Å². The van der Waals surface area contributed by atoms with Gasteiger partial charge in [-0.15, -0.1) is 0 Å². The molecule has 0 aliphatic carbocycles. The van der Waals surface area contributed by atoms with Gasteiger partial charge in [0.2, 0.25) is 0 Å². The van der Waals surface area contributed by atoms with Crippen molar-refractivity contribution in [3.05, 3.63) is 35.9 Å². The highest BCUT2D eigenvalue weighted by Crippen LogP contribution is 2.01. The van der Waals surface area contributed by atoms with Crippen molar-refractivity contribution in [3.63, 3.8) is 0 Å². The Bertz CT molecular complexity index is 309. The second-order valence-corrected chi connectivity index (χ2v) is 2.12. The van der Waals surface area contributed by atoms with E-state index >= 15 is 0 Å². The largest absolute Gasteiger partial charge is 0.535 e. The van der Waals surface area contributed by atoms with Crippen LogP contribution in [-0.2, 0) is 9.57 Å². The number of carbonyl (C=O) groups excluding carboxylic acids is 2. The van der Waals surface area contributed by atoms with Crippen LogP contribution >= 0.6 is 0 Å². The zero-order valence-electron chi connectivity index (χ0n) is 6.60. The van der Waals surface area contributed by atoms with Crippen LogP contribution < -0.4 is 5.90 Å². The third kappa shape index (κ3) is 2.57. The standard InChI is InChI=1S/C8H7NO4/c9-13-8(11)12-7(10)6-4-2-1-3-5-6/h1-5H,9H2. The first kappa shape index (κ1) is 9.21. The van der Waals surface area contributed by atoms with Crippen LogP contribution in [0, 0.1) is 0 Å². The Balaban J connectivity index is 2.65. The highest BCUT2D eigenvalue weighted by atomic mass is 16.8. The van der Waals surface area contributed by atoms with Crippen LogP contribution in [0.2, 0.25) is 0 Å². The average Bonchev–Trinajstić information content (AvgIpc) is 2.19. The maximum absolute atomic E-state index is 11.0. The van der Waals surface area contributed by atoms with Gasteiger partial charge in [0.15, 0.2) is 0 Å². The Morgan fingerprint density at radius 2 is 1.77 bits per heavy atom. The van der Waals surface area contributed by atoms with E-state index in [0.29, 0.717) is 0 Å². The monoisotopic (exact) mass is 181 g/mol. The number of hydrogen-bond acceptors (Lipinski definition) is 5. The van der Waals surface area contributed by atoms with E-state index in [2.05, 4.69) is 15.5 Å². The molecule has 5 heteroatoms. The van der Waals surface area contributed by atoms with E-state index in [0.717, 1.165) is 0 Å². The number of rotatable bonds is 1. The Kier molecular flexibility index (Phi) is 2.99. The van der Waals surface area contributed by atoms with Crippen molar-refractivity contribution >= 4 is 12.1 Å². The van der Waals surface area contributed by atoms with Gasteiger partial charge in [0.1, 0.15) is 0 Å². The van der Waals surface area contributed by atoms with E-state index in [4.69, 9.17) is 0 Å². The van der Waals surface area contributed by atoms with Crippen LogP contribution in [-0.4, -0.2) is 12.1 Å². The summed E-state index contributed by atoms with van der Waals surface area (Å²) in [7, 11) is 0. The molecule has 0 saturated heterocycles. The number of hydrogen-bond donors (Lipinski definition) is 1. The summed E-state index contributed by atoms with van der Waals surface area (Å²) < 4.78 is 4.16. The first-order chi connectivity index (χ1) is 6.24. The zero-order chi connectivity index (χ0) is 9.68. The van der Waals surface area contributed by atoms with Crippen LogP contribution in [0.15, 0.2) is 30.3 Å². The van der Waals surface area contributed by atoms with Crippen molar-refractivity contribution in [2.75, 3.05) is 0 Å². The predicted octanol–water partition coefficient (Wildman–Crippen LogP) is 0.854. The van der Waals surface area contributed by atoms with Gasteiger partial charge in [-0.2, -0.15) is 5.90 Å². The molecule has 2 N–H and O–H groups in total. The maximum atomic E-state index is 11.0. The normalized spacial score (nSPS) is 9.00. The van der Waals surface area contributed by atoms with Gasteiger partial charge in [-0.1, -0.05) is 18.2 Å². The van der Waals surface area contributed by atoms with E-state index in [1.807, 2.05) is 0 Å². The quantitative estimate of drug-likeness (QED) is 0.394. The molecule has 0 aliphatic heterocycles. The fraction of sp³-hybridized carbons (Fsp3) is 0. The molecule has 0 heterocycles. The summed E-state index contributed by atoms with van der Waals surface area (Å²) >= 11 is 0. The minimum Gasteiger partial charge on any atom is -0.355 e. The van der Waals surface area contributed by atoms with Crippen molar-refractivity contribution in [2.24, 2.45) is 5.90 Å². The molecule has 0 unspecified atom stereocenters. The lowest BCUT2D eigenvalue weighted by atomic mass is 10.2. The summed E-state index contributed by atoms with van der Waals surface area (Å²) in [5, 5.41) is 0. The highest BCUT2D eigenvalue weighted by Gasteiger charge is 2.12. The molecular formula is C8H7NO4. The van der Waals surface area contributed by atoms with Crippen molar-refractivity contribution < 1.29 is 19.2 Å². The molecule has 0 bridgehead atoms. The Morgan fingerprint density at radius 1 is 1.15 bits per heavy atom. The zero-order valence-corrected chi connectivity index (χ0v) is 6.60. The van der Waals surface area contributed by atoms with Crippen LogP contribution in [0.3, 0.4) is 0 Å². The van der Waals surface area contributed by atoms with Gasteiger partial charge in [-0.3, -0.25) is 0 Å². The lowest BCUT2D eigenvalue weighted by Crippen LogP contribution is -2.16. The molecule has 1 aromatic rings. The molecule has 68 valence electrons. The molecule has 0 aromatic heterocycles. The summed E-state index contributed by atoms with van der Waals surface area (Å²) in [4.78, 5) is 25.1. The van der Waals surface area contributed by atoms with Gasteiger partial charge in [0.05, 0.1) is 5.56 Å². The van der Waals surface area contributed by atoms with Crippen molar-refractivity contribution in [2.45, 2.75) is 0 Å². The molecule has 0 fully saturated rings. The highest BCUT2D eigenvalue weighted by molar-refractivity contribution is 5.95. The smallest absolute Gasteiger partial charge is 0.355 e. The first-order valence-electron chi connectivity index (χ1n) is 3.42. The molecule has 0 saturated carbocycles. The Hall–Kier alpha value is -1.88. The predicted molar refractivity (Wildman–Crippen MR) is 42.5 cm³/mol. The molecule has 1 rings (SSSR count). The molecule has 1 aromatic carbocycles. The molecule has 0 atom stereocenters. The van der Waals surface area contributed by atoms with Crippen molar-refractivity contribution in [1.29, 1.82) is 0 Å². The van der Waals surface area contributed by atoms with Gasteiger partial charge in [-0.25, -0.2) is 9.59 Å². The molecule has 0 aliphatic rings. The van der Waals surface area contributed by atoms with Crippen LogP contribution in [0.25, 0.3) is 0 Å². The summed E-state index contributed by atoms with van der Waals surface area (Å²) in [6.45, 7) is 0. The minimum absolute atomic E-state index is 0.257. The first-order valence-corrected chi connectivity index (χ1v) is 3.42. The lowest BCUT2D eigenvalue weighted by Gasteiger charge is -1.99. The van der Waals surface area contributed by atoms with Crippen molar-refractivity contribution in [3.8, 4) is 0 Å². The van der Waals surface area contributed by atoms with Crippen molar-refractivity contribution in [1.82, 2.24) is 0 Å². The molecule has 13 heavy (non-hydrogen) atoms. The van der Waals surface area contributed by atoms with Crippen LogP contribution in [0.5, 0.6) is 0 Å². The number of esters is 1. The summed E-state index contributed by atoms with van der Waals surface area (Å²) in [6, 6.07) is 8.03. The van der Waals surface area contributed by atoms with E-state index in [9.17, 15) is 9.59 Å². The van der Waals surface area contributed by atoms with Gasteiger partial charge < -0.3 is 9.57 Å². The van der Waals surface area contributed by atoms with E-state index in [-0.39, 0.29) is 5.56 Å². The third-order valence-electron chi connectivity index (χ3n) is 1.28. The number of nitrogens with two attached hydrogens (primary N) is 1. The Morgan fingerprint density at radius 3 is 2.31 bits per heavy atom. The number of benzene rings is 1. The topological polar surface area (TPSA) is 78.6 Å². The molecule has 0 spiro atoms. The molecule has 5 nitrogen and oxygen atoms in total. The van der Waals surface area contributed by atoms with Gasteiger partial charge in [0, 0.05) is 0 Å². The maximum Gasteiger partial charge on any atom is 0.535 e. The molecule has 0 radical (unpaired) electrons. The summed E-state index contributed by atoms with van der Waals surface area (Å²) in [5.74, 6) is 3.68. The number of ether oxygens (including phenoxy) is 1. The fourth-order valence-electron chi connectivity index (χ4n) is 0.733. The fourth-order valence-corrected chi connectivity index (χ4v) is 0.733. The Labute approximate surface area is 74.0 Å². The van der Waals surface area contributed by atoms with E-state index in [1.54, 1.807) is 18.2 Å². The van der Waals surface area contributed by atoms with Gasteiger partial charge >= 0.3 is 12.1 Å². The number of carbonyl (C=O) groups is 2. The summed E-state index contributed by atoms with van der Waals surface area (Å²) in [6.07, 6.45) is -1.23. The SMILES string of the molecule is NOC(=O)OC(=O)c1ccccc1. The van der Waals surface area contributed by atoms with Crippen LogP contribution in [0.1, 0.15) is 10.4 Å². The van der Waals surface area contributed by atoms with Gasteiger partial charge in [-0.05, 0) is 12.1 Å². The molecule has 0 amide bonds. The summed E-state index contributed by atoms with van der Waals surface area (Å²) in [5.41, 5.74) is 0.257. The van der Waals surface area contributed by atoms with E-state index < -0.39 is 12.1 Å². The second kappa shape index (κ2) is 4.22.